The van der Waals surface area contributed by atoms with E-state index in [1.807, 2.05) is 37.4 Å². The van der Waals surface area contributed by atoms with Crippen LogP contribution in [-0.2, 0) is 0 Å². The van der Waals surface area contributed by atoms with E-state index in [2.05, 4.69) is 14.4 Å². The highest BCUT2D eigenvalue weighted by Gasteiger charge is 2.10. The second-order valence-corrected chi connectivity index (χ2v) is 3.67. The highest BCUT2D eigenvalue weighted by molar-refractivity contribution is 5.80. The molecule has 0 spiro atoms. The molecule has 80 valence electrons. The molecule has 2 aromatic heterocycles. The monoisotopic (exact) mass is 213 g/mol. The molecular formula is C12H11N3O. The number of nitrogens with zero attached hydrogens (tertiary/aromatic N) is 3. The highest BCUT2D eigenvalue weighted by Crippen LogP contribution is 2.23. The van der Waals surface area contributed by atoms with Crippen LogP contribution in [0.15, 0.2) is 30.5 Å². The maximum atomic E-state index is 5.25. The summed E-state index contributed by atoms with van der Waals surface area (Å²) < 4.78 is 7.31. The van der Waals surface area contributed by atoms with Crippen LogP contribution in [0.4, 0.5) is 0 Å². The van der Waals surface area contributed by atoms with Gasteiger partial charge in [-0.3, -0.25) is 4.40 Å². The average Bonchev–Trinajstić information content (AvgIpc) is 2.71. The lowest BCUT2D eigenvalue weighted by atomic mass is 10.3. The van der Waals surface area contributed by atoms with Gasteiger partial charge in [0, 0.05) is 11.9 Å². The number of para-hydroxylation sites is 2. The molecule has 0 atom stereocenters. The number of fused-ring (bicyclic) bond motifs is 3. The quantitative estimate of drug-likeness (QED) is 0.622. The van der Waals surface area contributed by atoms with Gasteiger partial charge in [-0.25, -0.2) is 9.97 Å². The number of methoxy groups -OCH3 is 1. The van der Waals surface area contributed by atoms with E-state index in [0.29, 0.717) is 5.88 Å². The first-order chi connectivity index (χ1) is 7.81. The van der Waals surface area contributed by atoms with Gasteiger partial charge >= 0.3 is 0 Å². The van der Waals surface area contributed by atoms with Crippen molar-refractivity contribution in [1.29, 1.82) is 0 Å². The number of ether oxygens (including phenoxy) is 1. The molecule has 4 heteroatoms. The molecule has 0 saturated carbocycles. The van der Waals surface area contributed by atoms with Crippen molar-refractivity contribution >= 4 is 16.7 Å². The first-order valence-corrected chi connectivity index (χ1v) is 5.08. The van der Waals surface area contributed by atoms with Crippen LogP contribution in [0.3, 0.4) is 0 Å². The minimum absolute atomic E-state index is 0.562. The van der Waals surface area contributed by atoms with E-state index in [9.17, 15) is 0 Å². The summed E-state index contributed by atoms with van der Waals surface area (Å²) in [7, 11) is 1.61. The molecule has 4 nitrogen and oxygen atoms in total. The molecule has 0 radical (unpaired) electrons. The minimum Gasteiger partial charge on any atom is -0.478 e. The lowest BCUT2D eigenvalue weighted by molar-refractivity contribution is 0.402. The zero-order valence-corrected chi connectivity index (χ0v) is 9.14. The fraction of sp³-hybridized carbons (Fsp3) is 0.167. The Morgan fingerprint density at radius 1 is 1.25 bits per heavy atom. The predicted molar refractivity (Wildman–Crippen MR) is 61.8 cm³/mol. The summed E-state index contributed by atoms with van der Waals surface area (Å²) in [5, 5.41) is 0. The summed E-state index contributed by atoms with van der Waals surface area (Å²) in [5.41, 5.74) is 3.80. The summed E-state index contributed by atoms with van der Waals surface area (Å²) in [4.78, 5) is 8.74. The zero-order valence-electron chi connectivity index (χ0n) is 9.14. The molecule has 16 heavy (non-hydrogen) atoms. The van der Waals surface area contributed by atoms with Gasteiger partial charge in [0.2, 0.25) is 5.65 Å². The minimum atomic E-state index is 0.562. The molecular weight excluding hydrogens is 202 g/mol. The fourth-order valence-electron chi connectivity index (χ4n) is 1.94. The molecule has 0 unspecified atom stereocenters. The van der Waals surface area contributed by atoms with Gasteiger partial charge in [-0.15, -0.1) is 0 Å². The molecule has 0 aliphatic carbocycles. The van der Waals surface area contributed by atoms with Crippen molar-refractivity contribution < 1.29 is 4.74 Å². The molecule has 0 aliphatic heterocycles. The average molecular weight is 213 g/mol. The van der Waals surface area contributed by atoms with Gasteiger partial charge in [0.05, 0.1) is 18.1 Å². The molecule has 0 bridgehead atoms. The number of aryl methyl sites for hydroxylation is 1. The second-order valence-electron chi connectivity index (χ2n) is 3.67. The number of hydrogen-bond donors (Lipinski definition) is 0. The number of hydrogen-bond acceptors (Lipinski definition) is 3. The smallest absolute Gasteiger partial charge is 0.258 e. The summed E-state index contributed by atoms with van der Waals surface area (Å²) in [6.07, 6.45) is 1.83. The van der Waals surface area contributed by atoms with Crippen molar-refractivity contribution in [2.75, 3.05) is 7.11 Å². The van der Waals surface area contributed by atoms with E-state index in [-0.39, 0.29) is 0 Å². The van der Waals surface area contributed by atoms with Crippen LogP contribution >= 0.6 is 0 Å². The van der Waals surface area contributed by atoms with Gasteiger partial charge in [0.1, 0.15) is 0 Å². The molecule has 0 aliphatic rings. The van der Waals surface area contributed by atoms with Gasteiger partial charge in [-0.2, -0.15) is 0 Å². The molecule has 3 aromatic rings. The Labute approximate surface area is 92.5 Å². The molecule has 0 N–H and O–H groups in total. The van der Waals surface area contributed by atoms with Crippen molar-refractivity contribution in [3.05, 3.63) is 36.2 Å². The van der Waals surface area contributed by atoms with Crippen molar-refractivity contribution in [3.8, 4) is 5.88 Å². The van der Waals surface area contributed by atoms with Gasteiger partial charge in [-0.1, -0.05) is 12.1 Å². The maximum absolute atomic E-state index is 5.25. The van der Waals surface area contributed by atoms with Crippen LogP contribution in [0.25, 0.3) is 16.7 Å². The molecule has 0 saturated heterocycles. The van der Waals surface area contributed by atoms with Crippen LogP contribution < -0.4 is 4.74 Å². The van der Waals surface area contributed by atoms with Gasteiger partial charge in [-0.05, 0) is 19.1 Å². The molecule has 0 fully saturated rings. The Bertz CT molecular complexity index is 672. The predicted octanol–water partition coefficient (Wildman–Crippen LogP) is 2.20. The number of rotatable bonds is 1. The summed E-state index contributed by atoms with van der Waals surface area (Å²) in [6.45, 7) is 2.02. The van der Waals surface area contributed by atoms with E-state index in [1.54, 1.807) is 7.11 Å². The van der Waals surface area contributed by atoms with Crippen LogP contribution in [0.2, 0.25) is 0 Å². The van der Waals surface area contributed by atoms with Crippen LogP contribution in [-0.4, -0.2) is 21.5 Å². The Balaban J connectivity index is 2.60. The van der Waals surface area contributed by atoms with Crippen molar-refractivity contribution in [3.63, 3.8) is 0 Å². The van der Waals surface area contributed by atoms with Crippen LogP contribution in [0.1, 0.15) is 5.69 Å². The largest absolute Gasteiger partial charge is 0.478 e. The first kappa shape index (κ1) is 9.15. The Morgan fingerprint density at radius 2 is 2.06 bits per heavy atom. The third-order valence-corrected chi connectivity index (χ3v) is 2.67. The fourth-order valence-corrected chi connectivity index (χ4v) is 1.94. The summed E-state index contributed by atoms with van der Waals surface area (Å²) >= 11 is 0. The van der Waals surface area contributed by atoms with E-state index >= 15 is 0 Å². The Morgan fingerprint density at radius 3 is 2.88 bits per heavy atom. The van der Waals surface area contributed by atoms with Gasteiger partial charge in [0.25, 0.3) is 5.88 Å². The van der Waals surface area contributed by atoms with Crippen molar-refractivity contribution in [1.82, 2.24) is 14.4 Å². The molecule has 1 aromatic carbocycles. The standard InChI is InChI=1S/C12H11N3O/c1-8-7-13-11-12(16-2)14-9-5-3-4-6-10(9)15(8)11/h3-7H,1-2H3. The van der Waals surface area contributed by atoms with E-state index in [4.69, 9.17) is 4.74 Å². The Hall–Kier alpha value is -2.10. The van der Waals surface area contributed by atoms with Crippen molar-refractivity contribution in [2.45, 2.75) is 6.92 Å². The topological polar surface area (TPSA) is 39.4 Å². The SMILES string of the molecule is COc1nc2ccccc2n2c(C)cnc12. The van der Waals surface area contributed by atoms with Gasteiger partial charge in [0.15, 0.2) is 0 Å². The summed E-state index contributed by atoms with van der Waals surface area (Å²) in [6, 6.07) is 7.96. The van der Waals surface area contributed by atoms with Gasteiger partial charge < -0.3 is 4.74 Å². The maximum Gasteiger partial charge on any atom is 0.258 e. The molecule has 3 rings (SSSR count). The summed E-state index contributed by atoms with van der Waals surface area (Å²) in [5.74, 6) is 0.562. The molecule has 2 heterocycles. The van der Waals surface area contributed by atoms with E-state index in [1.165, 1.54) is 0 Å². The number of benzene rings is 1. The third kappa shape index (κ3) is 1.10. The van der Waals surface area contributed by atoms with Crippen LogP contribution in [0, 0.1) is 6.92 Å². The second kappa shape index (κ2) is 3.20. The van der Waals surface area contributed by atoms with Crippen LogP contribution in [0.5, 0.6) is 5.88 Å². The third-order valence-electron chi connectivity index (χ3n) is 2.67. The first-order valence-electron chi connectivity index (χ1n) is 5.08. The molecule has 0 amide bonds. The number of imidazole rings is 1. The van der Waals surface area contributed by atoms with Crippen molar-refractivity contribution in [2.24, 2.45) is 0 Å². The zero-order chi connectivity index (χ0) is 11.1. The normalized spacial score (nSPS) is 11.1. The Kier molecular flexibility index (Phi) is 1.83. The van der Waals surface area contributed by atoms with E-state index < -0.39 is 0 Å². The lowest BCUT2D eigenvalue weighted by Crippen LogP contribution is -1.97. The number of aromatic nitrogens is 3. The lowest BCUT2D eigenvalue weighted by Gasteiger charge is -2.06. The highest BCUT2D eigenvalue weighted by atomic mass is 16.5. The van der Waals surface area contributed by atoms with E-state index in [0.717, 1.165) is 22.4 Å².